The molecule has 0 saturated carbocycles. The molecule has 0 aliphatic carbocycles. The van der Waals surface area contributed by atoms with Gasteiger partial charge in [-0.25, -0.2) is 9.89 Å². The molecule has 0 fully saturated rings. The molecule has 0 unspecified atom stereocenters. The van der Waals surface area contributed by atoms with Crippen molar-refractivity contribution >= 4 is 12.0 Å². The maximum atomic E-state index is 11.2. The standard InChI is InChI=1S/C16H21N5O2/c1-3-4-7-10-23-14-9-6-5-8-13(14)11-17-20-15-12(2)19-21-16(22)18-15/h5-6,8-9,11H,3-4,7,10H2,1-2H3,(H2,18,20,21,22)/b17-11+. The lowest BCUT2D eigenvalue weighted by Crippen LogP contribution is -2.15. The number of unbranched alkanes of at least 4 members (excludes halogenated alkanes) is 2. The number of hydrogen-bond donors (Lipinski definition) is 2. The third-order valence-electron chi connectivity index (χ3n) is 3.17. The number of aryl methyl sites for hydroxylation is 1. The quantitative estimate of drug-likeness (QED) is 0.443. The monoisotopic (exact) mass is 315 g/mol. The van der Waals surface area contributed by atoms with Crippen LogP contribution in [-0.2, 0) is 0 Å². The van der Waals surface area contributed by atoms with Crippen molar-refractivity contribution in [2.45, 2.75) is 33.1 Å². The number of rotatable bonds is 8. The van der Waals surface area contributed by atoms with Gasteiger partial charge in [0, 0.05) is 5.56 Å². The normalized spacial score (nSPS) is 10.9. The van der Waals surface area contributed by atoms with Crippen molar-refractivity contribution in [2.75, 3.05) is 12.0 Å². The van der Waals surface area contributed by atoms with Gasteiger partial charge in [-0.1, -0.05) is 31.9 Å². The summed E-state index contributed by atoms with van der Waals surface area (Å²) in [6.07, 6.45) is 4.98. The molecule has 1 heterocycles. The third-order valence-corrected chi connectivity index (χ3v) is 3.17. The fourth-order valence-corrected chi connectivity index (χ4v) is 1.91. The molecule has 7 nitrogen and oxygen atoms in total. The van der Waals surface area contributed by atoms with Crippen molar-refractivity contribution in [1.82, 2.24) is 15.2 Å². The molecule has 0 atom stereocenters. The fourth-order valence-electron chi connectivity index (χ4n) is 1.91. The summed E-state index contributed by atoms with van der Waals surface area (Å²) in [7, 11) is 0. The molecule has 0 aliphatic heterocycles. The maximum absolute atomic E-state index is 11.2. The molecule has 0 aliphatic rings. The predicted molar refractivity (Wildman–Crippen MR) is 90.1 cm³/mol. The highest BCUT2D eigenvalue weighted by Crippen LogP contribution is 2.16. The molecule has 2 aromatic rings. The van der Waals surface area contributed by atoms with E-state index in [1.807, 2.05) is 24.3 Å². The average Bonchev–Trinajstić information content (AvgIpc) is 2.56. The molecular formula is C16H21N5O2. The van der Waals surface area contributed by atoms with E-state index >= 15 is 0 Å². The van der Waals surface area contributed by atoms with E-state index in [0.717, 1.165) is 30.6 Å². The summed E-state index contributed by atoms with van der Waals surface area (Å²) in [5, 5.41) is 10.2. The highest BCUT2D eigenvalue weighted by atomic mass is 16.5. The number of nitrogens with zero attached hydrogens (tertiary/aromatic N) is 3. The summed E-state index contributed by atoms with van der Waals surface area (Å²) < 4.78 is 5.78. The Kier molecular flexibility index (Phi) is 6.28. The highest BCUT2D eigenvalue weighted by molar-refractivity contribution is 5.83. The molecule has 0 amide bonds. The molecule has 2 rings (SSSR count). The van der Waals surface area contributed by atoms with E-state index < -0.39 is 5.69 Å². The minimum Gasteiger partial charge on any atom is -0.493 e. The number of H-pyrrole nitrogens is 1. The van der Waals surface area contributed by atoms with E-state index in [-0.39, 0.29) is 0 Å². The zero-order valence-electron chi connectivity index (χ0n) is 13.4. The number of nitrogens with one attached hydrogen (secondary N) is 2. The minimum absolute atomic E-state index is 0.325. The molecule has 0 bridgehead atoms. The second-order valence-electron chi connectivity index (χ2n) is 5.04. The van der Waals surface area contributed by atoms with Crippen LogP contribution in [0, 0.1) is 6.92 Å². The summed E-state index contributed by atoms with van der Waals surface area (Å²) in [6.45, 7) is 4.57. The Morgan fingerprint density at radius 2 is 2.17 bits per heavy atom. The van der Waals surface area contributed by atoms with Crippen molar-refractivity contribution < 1.29 is 4.74 Å². The highest BCUT2D eigenvalue weighted by Gasteiger charge is 2.02. The van der Waals surface area contributed by atoms with Crippen molar-refractivity contribution in [2.24, 2.45) is 5.10 Å². The van der Waals surface area contributed by atoms with Gasteiger partial charge in [0.1, 0.15) is 11.4 Å². The van der Waals surface area contributed by atoms with Crippen LogP contribution in [-0.4, -0.2) is 28.0 Å². The molecule has 23 heavy (non-hydrogen) atoms. The van der Waals surface area contributed by atoms with Crippen molar-refractivity contribution in [1.29, 1.82) is 0 Å². The molecule has 1 aromatic carbocycles. The lowest BCUT2D eigenvalue weighted by molar-refractivity contribution is 0.306. The second-order valence-corrected chi connectivity index (χ2v) is 5.04. The first-order valence-electron chi connectivity index (χ1n) is 7.65. The molecule has 122 valence electrons. The number of benzene rings is 1. The lowest BCUT2D eigenvalue weighted by Gasteiger charge is -2.08. The van der Waals surface area contributed by atoms with Gasteiger partial charge in [-0.05, 0) is 25.5 Å². The van der Waals surface area contributed by atoms with Crippen LogP contribution in [0.4, 0.5) is 5.82 Å². The van der Waals surface area contributed by atoms with Crippen LogP contribution in [0.5, 0.6) is 5.75 Å². The van der Waals surface area contributed by atoms with Gasteiger partial charge >= 0.3 is 5.69 Å². The zero-order chi connectivity index (χ0) is 16.5. The Bertz CT molecular complexity index is 712. The Labute approximate surface area is 134 Å². The second kappa shape index (κ2) is 8.67. The van der Waals surface area contributed by atoms with Gasteiger partial charge in [0.05, 0.1) is 12.8 Å². The summed E-state index contributed by atoms with van der Waals surface area (Å²) in [5.74, 6) is 1.11. The number of anilines is 1. The molecule has 0 spiro atoms. The molecule has 7 heteroatoms. The summed E-state index contributed by atoms with van der Waals surface area (Å²) in [4.78, 5) is 14.9. The van der Waals surface area contributed by atoms with Crippen molar-refractivity contribution in [3.8, 4) is 5.75 Å². The molecule has 2 N–H and O–H groups in total. The van der Waals surface area contributed by atoms with E-state index in [9.17, 15) is 4.79 Å². The number of hydrazone groups is 1. The van der Waals surface area contributed by atoms with Gasteiger partial charge in [-0.2, -0.15) is 15.2 Å². The first-order chi connectivity index (χ1) is 11.2. The van der Waals surface area contributed by atoms with Crippen LogP contribution in [0.2, 0.25) is 0 Å². The van der Waals surface area contributed by atoms with Gasteiger partial charge in [0.2, 0.25) is 0 Å². The van der Waals surface area contributed by atoms with Gasteiger partial charge in [0.25, 0.3) is 0 Å². The van der Waals surface area contributed by atoms with Crippen LogP contribution >= 0.6 is 0 Å². The first-order valence-corrected chi connectivity index (χ1v) is 7.65. The Morgan fingerprint density at radius 3 is 3.00 bits per heavy atom. The fraction of sp³-hybridized carbons (Fsp3) is 0.375. The van der Waals surface area contributed by atoms with Crippen LogP contribution in [0.15, 0.2) is 34.2 Å². The summed E-state index contributed by atoms with van der Waals surface area (Å²) >= 11 is 0. The number of aromatic amines is 1. The Morgan fingerprint density at radius 1 is 1.35 bits per heavy atom. The summed E-state index contributed by atoms with van der Waals surface area (Å²) in [5.41, 5.74) is 3.62. The first kappa shape index (κ1) is 16.7. The molecule has 0 saturated heterocycles. The largest absolute Gasteiger partial charge is 0.493 e. The van der Waals surface area contributed by atoms with E-state index in [1.165, 1.54) is 0 Å². The van der Waals surface area contributed by atoms with Gasteiger partial charge in [-0.3, -0.25) is 5.43 Å². The maximum Gasteiger partial charge on any atom is 0.363 e. The summed E-state index contributed by atoms with van der Waals surface area (Å²) in [6, 6.07) is 7.66. The number of aromatic nitrogens is 3. The SMILES string of the molecule is CCCCCOc1ccccc1/C=N/Nc1nc(=O)[nH]nc1C. The van der Waals surface area contributed by atoms with Crippen LogP contribution in [0.3, 0.4) is 0 Å². The zero-order valence-corrected chi connectivity index (χ0v) is 13.4. The minimum atomic E-state index is -0.520. The average molecular weight is 315 g/mol. The topological polar surface area (TPSA) is 92.3 Å². The van der Waals surface area contributed by atoms with Gasteiger partial charge in [-0.15, -0.1) is 0 Å². The number of ether oxygens (including phenoxy) is 1. The van der Waals surface area contributed by atoms with Crippen LogP contribution < -0.4 is 15.9 Å². The Balaban J connectivity index is 2.01. The third kappa shape index (κ3) is 5.21. The molecular weight excluding hydrogens is 294 g/mol. The van der Waals surface area contributed by atoms with Crippen molar-refractivity contribution in [3.05, 3.63) is 46.0 Å². The van der Waals surface area contributed by atoms with Gasteiger partial charge in [0.15, 0.2) is 5.82 Å². The van der Waals surface area contributed by atoms with Crippen LogP contribution in [0.25, 0.3) is 0 Å². The van der Waals surface area contributed by atoms with Crippen LogP contribution in [0.1, 0.15) is 37.4 Å². The smallest absolute Gasteiger partial charge is 0.363 e. The van der Waals surface area contributed by atoms with Gasteiger partial charge < -0.3 is 4.74 Å². The van der Waals surface area contributed by atoms with E-state index in [0.29, 0.717) is 18.1 Å². The molecule has 0 radical (unpaired) electrons. The van der Waals surface area contributed by atoms with E-state index in [4.69, 9.17) is 4.74 Å². The van der Waals surface area contributed by atoms with E-state index in [1.54, 1.807) is 13.1 Å². The number of hydrogen-bond acceptors (Lipinski definition) is 6. The van der Waals surface area contributed by atoms with E-state index in [2.05, 4.69) is 32.6 Å². The number of para-hydroxylation sites is 1. The Hall–Kier alpha value is -2.70. The lowest BCUT2D eigenvalue weighted by atomic mass is 10.2. The predicted octanol–water partition coefficient (Wildman–Crippen LogP) is 2.49. The van der Waals surface area contributed by atoms with Crippen molar-refractivity contribution in [3.63, 3.8) is 0 Å². The molecule has 1 aromatic heterocycles.